The van der Waals surface area contributed by atoms with Crippen LogP contribution in [-0.2, 0) is 9.53 Å². The Kier molecular flexibility index (Phi) is 3.37. The van der Waals surface area contributed by atoms with E-state index in [9.17, 15) is 9.59 Å². The van der Waals surface area contributed by atoms with Gasteiger partial charge in [-0.15, -0.1) is 0 Å². The van der Waals surface area contributed by atoms with Crippen molar-refractivity contribution in [3.63, 3.8) is 0 Å². The maximum absolute atomic E-state index is 12.5. The number of methoxy groups -OCH3 is 1. The van der Waals surface area contributed by atoms with Crippen molar-refractivity contribution < 1.29 is 18.8 Å². The molecule has 1 heterocycles. The molecule has 4 saturated carbocycles. The van der Waals surface area contributed by atoms with Crippen molar-refractivity contribution >= 4 is 17.7 Å². The first-order valence-electron chi connectivity index (χ1n) is 8.52. The van der Waals surface area contributed by atoms with Gasteiger partial charge in [0.1, 0.15) is 17.6 Å². The van der Waals surface area contributed by atoms with E-state index < -0.39 is 5.41 Å². The molecule has 2 amide bonds. The van der Waals surface area contributed by atoms with Crippen LogP contribution in [0.25, 0.3) is 0 Å². The van der Waals surface area contributed by atoms with E-state index in [1.807, 2.05) is 0 Å². The number of amides is 2. The minimum absolute atomic E-state index is 0.113. The molecule has 2 atom stereocenters. The van der Waals surface area contributed by atoms with Crippen molar-refractivity contribution in [3.8, 4) is 0 Å². The van der Waals surface area contributed by atoms with Crippen LogP contribution < -0.4 is 10.6 Å². The third-order valence-corrected chi connectivity index (χ3v) is 6.06. The summed E-state index contributed by atoms with van der Waals surface area (Å²) in [5.41, 5.74) is 0.480. The molecule has 0 saturated heterocycles. The molecule has 0 radical (unpaired) electrons. The van der Waals surface area contributed by atoms with Gasteiger partial charge in [0.2, 0.25) is 0 Å². The Balaban J connectivity index is 1.53. The summed E-state index contributed by atoms with van der Waals surface area (Å²) in [6, 6.07) is -0.261. The summed E-state index contributed by atoms with van der Waals surface area (Å²) >= 11 is 0. The first-order chi connectivity index (χ1) is 11.4. The van der Waals surface area contributed by atoms with Crippen molar-refractivity contribution in [2.24, 2.45) is 17.3 Å². The van der Waals surface area contributed by atoms with Crippen LogP contribution in [0.1, 0.15) is 44.2 Å². The third-order valence-electron chi connectivity index (χ3n) is 6.06. The average molecular weight is 333 g/mol. The highest BCUT2D eigenvalue weighted by Crippen LogP contribution is 2.62. The van der Waals surface area contributed by atoms with E-state index >= 15 is 0 Å². The number of aryl methyl sites for hydroxylation is 1. The highest BCUT2D eigenvalue weighted by Gasteiger charge is 2.61. The van der Waals surface area contributed by atoms with Crippen LogP contribution in [0.3, 0.4) is 0 Å². The summed E-state index contributed by atoms with van der Waals surface area (Å²) in [5, 5.41) is 9.73. The standard InChI is InChI=1S/C17H23N3O4/c1-10-13(8-24-20-10)18-15(22)19-17-6-11-3-12(7-17)5-16(4-11,9-17)14(21)23-2/h8,11-12H,3-7,9H2,1-2H3,(H2,18,19,22). The Hall–Kier alpha value is -2.05. The van der Waals surface area contributed by atoms with Crippen molar-refractivity contribution in [1.82, 2.24) is 10.5 Å². The molecule has 4 aliphatic carbocycles. The Morgan fingerprint density at radius 3 is 2.58 bits per heavy atom. The second-order valence-electron chi connectivity index (χ2n) is 7.91. The van der Waals surface area contributed by atoms with E-state index in [2.05, 4.69) is 15.8 Å². The number of carbonyl (C=O) groups is 2. The predicted octanol–water partition coefficient (Wildman–Crippen LogP) is 2.62. The number of hydrogen-bond donors (Lipinski definition) is 2. The maximum Gasteiger partial charge on any atom is 0.319 e. The fourth-order valence-electron chi connectivity index (χ4n) is 5.67. The number of anilines is 1. The molecule has 0 aliphatic heterocycles. The van der Waals surface area contributed by atoms with E-state index in [-0.39, 0.29) is 17.5 Å². The largest absolute Gasteiger partial charge is 0.469 e. The Morgan fingerprint density at radius 1 is 1.29 bits per heavy atom. The highest BCUT2D eigenvalue weighted by atomic mass is 16.5. The van der Waals surface area contributed by atoms with Crippen LogP contribution in [0, 0.1) is 24.2 Å². The van der Waals surface area contributed by atoms with Gasteiger partial charge in [0.25, 0.3) is 0 Å². The molecule has 0 aromatic carbocycles. The summed E-state index contributed by atoms with van der Waals surface area (Å²) < 4.78 is 9.95. The smallest absolute Gasteiger partial charge is 0.319 e. The number of rotatable bonds is 3. The summed E-state index contributed by atoms with van der Waals surface area (Å²) in [5.74, 6) is 0.865. The highest BCUT2D eigenvalue weighted by molar-refractivity contribution is 5.90. The number of nitrogens with one attached hydrogen (secondary N) is 2. The lowest BCUT2D eigenvalue weighted by Crippen LogP contribution is -2.65. The van der Waals surface area contributed by atoms with Gasteiger partial charge < -0.3 is 19.9 Å². The molecule has 1 aromatic rings. The Labute approximate surface area is 140 Å². The number of carbonyl (C=O) groups excluding carboxylic acids is 2. The van der Waals surface area contributed by atoms with E-state index in [0.717, 1.165) is 32.1 Å². The van der Waals surface area contributed by atoms with E-state index in [0.29, 0.717) is 29.6 Å². The zero-order valence-electron chi connectivity index (χ0n) is 14.1. The number of ether oxygens (including phenoxy) is 1. The molecule has 7 heteroatoms. The summed E-state index contributed by atoms with van der Waals surface area (Å²) in [6.07, 6.45) is 6.93. The Bertz CT molecular complexity index is 669. The first kappa shape index (κ1) is 15.5. The van der Waals surface area contributed by atoms with E-state index in [1.54, 1.807) is 6.92 Å². The Morgan fingerprint density at radius 2 is 2.00 bits per heavy atom. The first-order valence-corrected chi connectivity index (χ1v) is 8.52. The van der Waals surface area contributed by atoms with E-state index in [4.69, 9.17) is 9.26 Å². The van der Waals surface area contributed by atoms with Gasteiger partial charge in [0.05, 0.1) is 12.5 Å². The van der Waals surface area contributed by atoms with Crippen LogP contribution in [0.4, 0.5) is 10.5 Å². The minimum Gasteiger partial charge on any atom is -0.469 e. The summed E-state index contributed by atoms with van der Waals surface area (Å²) in [7, 11) is 1.46. The molecule has 4 fully saturated rings. The number of hydrogen-bond acceptors (Lipinski definition) is 5. The van der Waals surface area contributed by atoms with Crippen molar-refractivity contribution in [1.29, 1.82) is 0 Å². The van der Waals surface area contributed by atoms with Crippen molar-refractivity contribution in [2.75, 3.05) is 12.4 Å². The molecule has 7 nitrogen and oxygen atoms in total. The molecular formula is C17H23N3O4. The monoisotopic (exact) mass is 333 g/mol. The number of nitrogens with zero attached hydrogens (tertiary/aromatic N) is 1. The lowest BCUT2D eigenvalue weighted by Gasteiger charge is -2.60. The molecule has 2 unspecified atom stereocenters. The SMILES string of the molecule is COC(=O)C12CC3CC(CC(NC(=O)Nc4conc4C)(C3)C1)C2. The zero-order valence-corrected chi connectivity index (χ0v) is 14.1. The van der Waals surface area contributed by atoms with Crippen molar-refractivity contribution in [3.05, 3.63) is 12.0 Å². The molecular weight excluding hydrogens is 310 g/mol. The van der Waals surface area contributed by atoms with Crippen LogP contribution in [0.5, 0.6) is 0 Å². The fourth-order valence-corrected chi connectivity index (χ4v) is 5.67. The average Bonchev–Trinajstić information content (AvgIpc) is 2.89. The topological polar surface area (TPSA) is 93.5 Å². The van der Waals surface area contributed by atoms with Gasteiger partial charge in [0.15, 0.2) is 0 Å². The molecule has 1 aromatic heterocycles. The van der Waals surface area contributed by atoms with Gasteiger partial charge in [-0.2, -0.15) is 0 Å². The second kappa shape index (κ2) is 5.22. The normalized spacial score (nSPS) is 36.4. The van der Waals surface area contributed by atoms with Gasteiger partial charge in [0, 0.05) is 5.54 Å². The number of esters is 1. The van der Waals surface area contributed by atoms with Gasteiger partial charge >= 0.3 is 12.0 Å². The molecule has 4 bridgehead atoms. The summed E-state index contributed by atoms with van der Waals surface area (Å²) in [4.78, 5) is 24.9. The summed E-state index contributed by atoms with van der Waals surface area (Å²) in [6.45, 7) is 1.77. The lowest BCUT2D eigenvalue weighted by molar-refractivity contribution is -0.171. The molecule has 2 N–H and O–H groups in total. The van der Waals surface area contributed by atoms with E-state index in [1.165, 1.54) is 13.4 Å². The minimum atomic E-state index is -0.417. The van der Waals surface area contributed by atoms with Crippen LogP contribution in [-0.4, -0.2) is 29.8 Å². The third kappa shape index (κ3) is 2.37. The van der Waals surface area contributed by atoms with Gasteiger partial charge in [-0.3, -0.25) is 4.79 Å². The molecule has 130 valence electrons. The molecule has 5 rings (SSSR count). The second-order valence-corrected chi connectivity index (χ2v) is 7.91. The molecule has 4 aliphatic rings. The molecule has 0 spiro atoms. The quantitative estimate of drug-likeness (QED) is 0.829. The van der Waals surface area contributed by atoms with Crippen molar-refractivity contribution in [2.45, 2.75) is 51.0 Å². The van der Waals surface area contributed by atoms with Gasteiger partial charge in [-0.1, -0.05) is 5.16 Å². The molecule has 24 heavy (non-hydrogen) atoms. The lowest BCUT2D eigenvalue weighted by atomic mass is 9.47. The van der Waals surface area contributed by atoms with Gasteiger partial charge in [-0.05, 0) is 57.3 Å². The van der Waals surface area contributed by atoms with Crippen LogP contribution >= 0.6 is 0 Å². The fraction of sp³-hybridized carbons (Fsp3) is 0.706. The number of aromatic nitrogens is 1. The van der Waals surface area contributed by atoms with Crippen LogP contribution in [0.15, 0.2) is 10.8 Å². The maximum atomic E-state index is 12.5. The zero-order chi connectivity index (χ0) is 16.9. The number of urea groups is 1. The van der Waals surface area contributed by atoms with Crippen LogP contribution in [0.2, 0.25) is 0 Å². The van der Waals surface area contributed by atoms with Gasteiger partial charge in [-0.25, -0.2) is 4.79 Å². The predicted molar refractivity (Wildman–Crippen MR) is 85.3 cm³/mol.